The van der Waals surface area contributed by atoms with Crippen LogP contribution in [0.2, 0.25) is 0 Å². The molecule has 1 aromatic carbocycles. The van der Waals surface area contributed by atoms with Crippen molar-refractivity contribution >= 4 is 55.0 Å². The number of nitrogens with two attached hydrogens (primary N) is 1. The summed E-state index contributed by atoms with van der Waals surface area (Å²) in [6.45, 7) is 0. The number of benzene rings is 1. The van der Waals surface area contributed by atoms with E-state index in [0.29, 0.717) is 0 Å². The zero-order valence-electron chi connectivity index (χ0n) is 9.61. The highest BCUT2D eigenvalue weighted by Crippen LogP contribution is 2.24. The second-order valence-electron chi connectivity index (χ2n) is 3.96. The molecule has 1 heterocycles. The predicted octanol–water partition coefficient (Wildman–Crippen LogP) is 4.94. The minimum atomic E-state index is 0.194. The first-order chi connectivity index (χ1) is 8.63. The lowest BCUT2D eigenvalue weighted by molar-refractivity contribution is 0.757. The van der Waals surface area contributed by atoms with Crippen molar-refractivity contribution in [2.24, 2.45) is 5.73 Å². The summed E-state index contributed by atoms with van der Waals surface area (Å²) in [5.41, 5.74) is 6.16. The molecule has 5 heteroatoms. The maximum absolute atomic E-state index is 6.16. The number of hydrogen-bond donors (Lipinski definition) is 1. The SMILES string of the molecule is NC(CSc1cccc(Br)c1)Cc1cc(Br)cs1. The quantitative estimate of drug-likeness (QED) is 0.712. The molecule has 0 aliphatic heterocycles. The third kappa shape index (κ3) is 4.70. The Hall–Kier alpha value is 0.190. The molecule has 1 unspecified atom stereocenters. The minimum absolute atomic E-state index is 0.194. The van der Waals surface area contributed by atoms with Crippen LogP contribution in [0.5, 0.6) is 0 Å². The van der Waals surface area contributed by atoms with Crippen LogP contribution in [0, 0.1) is 0 Å². The van der Waals surface area contributed by atoms with Crippen LogP contribution in [0.3, 0.4) is 0 Å². The average Bonchev–Trinajstić information content (AvgIpc) is 2.72. The Balaban J connectivity index is 1.83. The summed E-state index contributed by atoms with van der Waals surface area (Å²) in [5.74, 6) is 0.936. The van der Waals surface area contributed by atoms with Gasteiger partial charge in [-0.25, -0.2) is 0 Å². The Labute approximate surface area is 132 Å². The first kappa shape index (κ1) is 14.6. The molecule has 0 bridgehead atoms. The molecule has 0 aliphatic rings. The van der Waals surface area contributed by atoms with Crippen molar-refractivity contribution in [3.05, 3.63) is 49.5 Å². The zero-order chi connectivity index (χ0) is 13.0. The average molecular weight is 407 g/mol. The van der Waals surface area contributed by atoms with Gasteiger partial charge in [0.15, 0.2) is 0 Å². The van der Waals surface area contributed by atoms with Gasteiger partial charge in [0.25, 0.3) is 0 Å². The van der Waals surface area contributed by atoms with E-state index in [1.54, 1.807) is 23.1 Å². The van der Waals surface area contributed by atoms with Gasteiger partial charge in [0, 0.05) is 35.9 Å². The fraction of sp³-hybridized carbons (Fsp3) is 0.231. The van der Waals surface area contributed by atoms with Crippen LogP contribution in [0.15, 0.2) is 49.6 Å². The van der Waals surface area contributed by atoms with E-state index in [-0.39, 0.29) is 6.04 Å². The first-order valence-electron chi connectivity index (χ1n) is 5.50. The van der Waals surface area contributed by atoms with Crippen LogP contribution in [-0.2, 0) is 6.42 Å². The highest BCUT2D eigenvalue weighted by molar-refractivity contribution is 9.10. The van der Waals surface area contributed by atoms with Crippen molar-refractivity contribution in [2.45, 2.75) is 17.4 Å². The summed E-state index contributed by atoms with van der Waals surface area (Å²) in [6, 6.07) is 10.7. The lowest BCUT2D eigenvalue weighted by Crippen LogP contribution is -2.25. The minimum Gasteiger partial charge on any atom is -0.327 e. The number of thioether (sulfide) groups is 1. The summed E-state index contributed by atoms with van der Waals surface area (Å²) < 4.78 is 2.26. The van der Waals surface area contributed by atoms with Crippen molar-refractivity contribution in [1.82, 2.24) is 0 Å². The maximum Gasteiger partial charge on any atom is 0.0285 e. The number of halogens is 2. The molecule has 2 rings (SSSR count). The molecule has 0 saturated heterocycles. The van der Waals surface area contributed by atoms with E-state index in [4.69, 9.17) is 5.73 Å². The van der Waals surface area contributed by atoms with Gasteiger partial charge in [-0.15, -0.1) is 23.1 Å². The summed E-state index contributed by atoms with van der Waals surface area (Å²) in [6.07, 6.45) is 0.942. The van der Waals surface area contributed by atoms with Gasteiger partial charge >= 0.3 is 0 Å². The molecule has 1 nitrogen and oxygen atoms in total. The van der Waals surface area contributed by atoms with E-state index in [2.05, 4.69) is 55.4 Å². The summed E-state index contributed by atoms with van der Waals surface area (Å²) in [5, 5.41) is 2.10. The normalized spacial score (nSPS) is 12.6. The molecular weight excluding hydrogens is 394 g/mol. The molecule has 0 saturated carbocycles. The molecule has 1 aromatic heterocycles. The van der Waals surface area contributed by atoms with Gasteiger partial charge in [-0.2, -0.15) is 0 Å². The topological polar surface area (TPSA) is 26.0 Å². The lowest BCUT2D eigenvalue weighted by Gasteiger charge is -2.10. The lowest BCUT2D eigenvalue weighted by atomic mass is 10.2. The Morgan fingerprint density at radius 1 is 1.22 bits per heavy atom. The highest BCUT2D eigenvalue weighted by Gasteiger charge is 2.07. The van der Waals surface area contributed by atoms with E-state index >= 15 is 0 Å². The molecule has 0 spiro atoms. The second-order valence-corrected chi connectivity index (χ2v) is 7.88. The molecular formula is C13H13Br2NS2. The number of hydrogen-bond acceptors (Lipinski definition) is 3. The molecule has 1 atom stereocenters. The smallest absolute Gasteiger partial charge is 0.0285 e. The molecule has 96 valence electrons. The first-order valence-corrected chi connectivity index (χ1v) is 8.95. The summed E-state index contributed by atoms with van der Waals surface area (Å²) >= 11 is 10.5. The van der Waals surface area contributed by atoms with Gasteiger partial charge in [0.1, 0.15) is 0 Å². The van der Waals surface area contributed by atoms with Crippen molar-refractivity contribution in [1.29, 1.82) is 0 Å². The molecule has 0 radical (unpaired) electrons. The molecule has 0 aliphatic carbocycles. The second kappa shape index (κ2) is 7.10. The number of rotatable bonds is 5. The molecule has 0 fully saturated rings. The van der Waals surface area contributed by atoms with Gasteiger partial charge in [-0.3, -0.25) is 0 Å². The van der Waals surface area contributed by atoms with Crippen molar-refractivity contribution < 1.29 is 0 Å². The standard InChI is InChI=1S/C13H13Br2NS2/c14-9-2-1-3-12(4-9)18-8-11(16)6-13-5-10(15)7-17-13/h1-5,7,11H,6,8,16H2. The monoisotopic (exact) mass is 405 g/mol. The Bertz CT molecular complexity index is 513. The van der Waals surface area contributed by atoms with E-state index in [9.17, 15) is 0 Å². The summed E-state index contributed by atoms with van der Waals surface area (Å²) in [4.78, 5) is 2.59. The van der Waals surface area contributed by atoms with Crippen LogP contribution in [0.1, 0.15) is 4.88 Å². The van der Waals surface area contributed by atoms with Gasteiger partial charge in [-0.1, -0.05) is 22.0 Å². The summed E-state index contributed by atoms with van der Waals surface area (Å²) in [7, 11) is 0. The highest BCUT2D eigenvalue weighted by atomic mass is 79.9. The molecule has 0 amide bonds. The van der Waals surface area contributed by atoms with Gasteiger partial charge in [-0.05, 0) is 46.6 Å². The van der Waals surface area contributed by atoms with Gasteiger partial charge in [0.05, 0.1) is 0 Å². The predicted molar refractivity (Wildman–Crippen MR) is 88.6 cm³/mol. The van der Waals surface area contributed by atoms with E-state index in [1.165, 1.54) is 9.77 Å². The third-order valence-electron chi connectivity index (χ3n) is 2.35. The fourth-order valence-corrected chi connectivity index (χ4v) is 4.54. The van der Waals surface area contributed by atoms with Crippen LogP contribution >= 0.6 is 55.0 Å². The van der Waals surface area contributed by atoms with Gasteiger partial charge < -0.3 is 5.73 Å². The number of thiophene rings is 1. The Morgan fingerprint density at radius 2 is 2.06 bits per heavy atom. The van der Waals surface area contributed by atoms with E-state index in [1.807, 2.05) is 12.1 Å². The molecule has 18 heavy (non-hydrogen) atoms. The Kier molecular flexibility index (Phi) is 5.76. The van der Waals surface area contributed by atoms with Crippen LogP contribution in [0.25, 0.3) is 0 Å². The van der Waals surface area contributed by atoms with E-state index < -0.39 is 0 Å². The Morgan fingerprint density at radius 3 is 2.72 bits per heavy atom. The molecule has 2 N–H and O–H groups in total. The zero-order valence-corrected chi connectivity index (χ0v) is 14.4. The van der Waals surface area contributed by atoms with Crippen molar-refractivity contribution in [2.75, 3.05) is 5.75 Å². The van der Waals surface area contributed by atoms with Gasteiger partial charge in [0.2, 0.25) is 0 Å². The van der Waals surface area contributed by atoms with Crippen molar-refractivity contribution in [3.63, 3.8) is 0 Å². The van der Waals surface area contributed by atoms with Crippen molar-refractivity contribution in [3.8, 4) is 0 Å². The maximum atomic E-state index is 6.16. The van der Waals surface area contributed by atoms with Crippen LogP contribution < -0.4 is 5.73 Å². The molecule has 2 aromatic rings. The van der Waals surface area contributed by atoms with E-state index in [0.717, 1.165) is 21.1 Å². The van der Waals surface area contributed by atoms with Crippen LogP contribution in [-0.4, -0.2) is 11.8 Å². The van der Waals surface area contributed by atoms with Crippen LogP contribution in [0.4, 0.5) is 0 Å². The fourth-order valence-electron chi connectivity index (χ4n) is 1.54. The largest absolute Gasteiger partial charge is 0.327 e. The third-order valence-corrected chi connectivity index (χ3v) is 5.74.